The number of nitrogens with zero attached hydrogens (tertiary/aromatic N) is 2. The van der Waals surface area contributed by atoms with Gasteiger partial charge in [0.2, 0.25) is 0 Å². The van der Waals surface area contributed by atoms with Gasteiger partial charge in [0.15, 0.2) is 6.61 Å². The summed E-state index contributed by atoms with van der Waals surface area (Å²) in [4.78, 5) is 14.3. The zero-order chi connectivity index (χ0) is 18.5. The topological polar surface area (TPSA) is 53.3 Å². The summed E-state index contributed by atoms with van der Waals surface area (Å²) in [5.74, 6) is 1.84. The van der Waals surface area contributed by atoms with E-state index >= 15 is 0 Å². The van der Waals surface area contributed by atoms with E-state index in [0.29, 0.717) is 23.1 Å². The van der Waals surface area contributed by atoms with Crippen LogP contribution in [0.3, 0.4) is 0 Å². The number of amides is 1. The van der Waals surface area contributed by atoms with Crippen LogP contribution in [0.25, 0.3) is 11.1 Å². The van der Waals surface area contributed by atoms with Gasteiger partial charge >= 0.3 is 0 Å². The van der Waals surface area contributed by atoms with E-state index < -0.39 is 0 Å². The minimum Gasteiger partial charge on any atom is -0.484 e. The number of likely N-dealkylation sites (tertiary alicyclic amines) is 1. The maximum atomic E-state index is 12.4. The lowest BCUT2D eigenvalue weighted by Gasteiger charge is -2.34. The number of carbonyl (C=O) groups is 1. The summed E-state index contributed by atoms with van der Waals surface area (Å²) in [7, 11) is 0. The summed E-state index contributed by atoms with van der Waals surface area (Å²) in [6.45, 7) is 6.11. The van der Waals surface area contributed by atoms with Gasteiger partial charge in [-0.3, -0.25) is 4.79 Å². The average molecular weight is 348 g/mol. The fraction of sp³-hybridized carbons (Fsp3) is 0.364. The molecule has 1 amide bonds. The van der Waals surface area contributed by atoms with Crippen LogP contribution in [0.1, 0.15) is 25.8 Å². The van der Waals surface area contributed by atoms with Gasteiger partial charge in [0, 0.05) is 13.1 Å². The minimum absolute atomic E-state index is 0.0552. The van der Waals surface area contributed by atoms with E-state index in [2.05, 4.69) is 19.9 Å². The monoisotopic (exact) mass is 348 g/mol. The van der Waals surface area contributed by atoms with Crippen LogP contribution in [0.4, 0.5) is 0 Å². The van der Waals surface area contributed by atoms with E-state index in [9.17, 15) is 4.79 Å². The molecule has 1 heterocycles. The zero-order valence-corrected chi connectivity index (χ0v) is 15.3. The SMILES string of the molecule is CC1CC(C)CN(C(=O)COc2ccc(-c3ccc(C#N)cc3)cc2)C1. The highest BCUT2D eigenvalue weighted by Crippen LogP contribution is 2.24. The third-order valence-corrected chi connectivity index (χ3v) is 4.79. The molecule has 1 saturated heterocycles. The first-order valence-corrected chi connectivity index (χ1v) is 9.06. The van der Waals surface area contributed by atoms with Crippen LogP contribution in [-0.4, -0.2) is 30.5 Å². The molecule has 0 N–H and O–H groups in total. The Morgan fingerprint density at radius 1 is 1.04 bits per heavy atom. The van der Waals surface area contributed by atoms with E-state index in [1.165, 1.54) is 6.42 Å². The van der Waals surface area contributed by atoms with E-state index in [0.717, 1.165) is 24.2 Å². The molecule has 26 heavy (non-hydrogen) atoms. The van der Waals surface area contributed by atoms with Gasteiger partial charge in [0.05, 0.1) is 11.6 Å². The summed E-state index contributed by atoms with van der Waals surface area (Å²) in [5.41, 5.74) is 2.74. The lowest BCUT2D eigenvalue weighted by atomic mass is 9.92. The molecule has 0 spiro atoms. The number of rotatable bonds is 4. The van der Waals surface area contributed by atoms with Gasteiger partial charge < -0.3 is 9.64 Å². The molecule has 4 heteroatoms. The fourth-order valence-electron chi connectivity index (χ4n) is 3.58. The lowest BCUT2D eigenvalue weighted by Crippen LogP contribution is -2.44. The predicted octanol–water partition coefficient (Wildman–Crippen LogP) is 4.11. The molecule has 0 radical (unpaired) electrons. The molecule has 1 aliphatic rings. The van der Waals surface area contributed by atoms with E-state index in [1.807, 2.05) is 41.3 Å². The fourth-order valence-corrected chi connectivity index (χ4v) is 3.58. The number of hydrogen-bond donors (Lipinski definition) is 0. The number of ether oxygens (including phenoxy) is 1. The van der Waals surface area contributed by atoms with Crippen molar-refractivity contribution in [1.82, 2.24) is 4.90 Å². The summed E-state index contributed by atoms with van der Waals surface area (Å²) in [5, 5.41) is 8.86. The third kappa shape index (κ3) is 4.43. The first-order chi connectivity index (χ1) is 12.5. The first-order valence-electron chi connectivity index (χ1n) is 9.06. The lowest BCUT2D eigenvalue weighted by molar-refractivity contribution is -0.136. The molecular formula is C22H24N2O2. The van der Waals surface area contributed by atoms with Gasteiger partial charge in [-0.25, -0.2) is 0 Å². The number of carbonyl (C=O) groups excluding carboxylic acids is 1. The van der Waals surface area contributed by atoms with Crippen molar-refractivity contribution in [2.24, 2.45) is 11.8 Å². The normalized spacial score (nSPS) is 19.7. The van der Waals surface area contributed by atoms with Gasteiger partial charge in [0.1, 0.15) is 5.75 Å². The maximum absolute atomic E-state index is 12.4. The highest BCUT2D eigenvalue weighted by Gasteiger charge is 2.25. The average Bonchev–Trinajstić information content (AvgIpc) is 2.66. The molecule has 1 fully saturated rings. The highest BCUT2D eigenvalue weighted by molar-refractivity contribution is 5.78. The van der Waals surface area contributed by atoms with Gasteiger partial charge in [-0.05, 0) is 53.6 Å². The van der Waals surface area contributed by atoms with Crippen LogP contribution < -0.4 is 4.74 Å². The Morgan fingerprint density at radius 2 is 1.58 bits per heavy atom. The minimum atomic E-state index is 0.0552. The smallest absolute Gasteiger partial charge is 0.260 e. The molecule has 0 saturated carbocycles. The number of benzene rings is 2. The first kappa shape index (κ1) is 18.0. The van der Waals surface area contributed by atoms with Crippen LogP contribution in [0.2, 0.25) is 0 Å². The Kier molecular flexibility index (Phi) is 5.58. The standard InChI is InChI=1S/C22H24N2O2/c1-16-11-17(2)14-24(13-16)22(25)15-26-21-9-7-20(8-10-21)19-5-3-18(12-23)4-6-19/h3-10,16-17H,11,13-15H2,1-2H3. The van der Waals surface area contributed by atoms with Crippen molar-refractivity contribution >= 4 is 5.91 Å². The Balaban J connectivity index is 1.57. The molecule has 0 bridgehead atoms. The Hall–Kier alpha value is -2.80. The largest absolute Gasteiger partial charge is 0.484 e. The highest BCUT2D eigenvalue weighted by atomic mass is 16.5. The van der Waals surface area contributed by atoms with Crippen molar-refractivity contribution in [2.75, 3.05) is 19.7 Å². The van der Waals surface area contributed by atoms with E-state index in [-0.39, 0.29) is 12.5 Å². The molecular weight excluding hydrogens is 324 g/mol. The van der Waals surface area contributed by atoms with Gasteiger partial charge in [-0.1, -0.05) is 38.1 Å². The van der Waals surface area contributed by atoms with Crippen molar-refractivity contribution in [3.8, 4) is 22.9 Å². The Labute approximate surface area is 155 Å². The summed E-state index contributed by atoms with van der Waals surface area (Å²) >= 11 is 0. The molecule has 3 rings (SSSR count). The molecule has 0 aromatic heterocycles. The molecule has 0 aliphatic carbocycles. The quantitative estimate of drug-likeness (QED) is 0.835. The Bertz CT molecular complexity index is 780. The zero-order valence-electron chi connectivity index (χ0n) is 15.3. The summed E-state index contributed by atoms with van der Waals surface area (Å²) < 4.78 is 5.68. The summed E-state index contributed by atoms with van der Waals surface area (Å²) in [6.07, 6.45) is 1.18. The van der Waals surface area contributed by atoms with Gasteiger partial charge in [0.25, 0.3) is 5.91 Å². The van der Waals surface area contributed by atoms with Crippen molar-refractivity contribution in [3.05, 3.63) is 54.1 Å². The van der Waals surface area contributed by atoms with Gasteiger partial charge in [-0.15, -0.1) is 0 Å². The molecule has 2 aromatic carbocycles. The predicted molar refractivity (Wildman–Crippen MR) is 102 cm³/mol. The van der Waals surface area contributed by atoms with Crippen LogP contribution in [0.15, 0.2) is 48.5 Å². The van der Waals surface area contributed by atoms with Crippen LogP contribution in [0.5, 0.6) is 5.75 Å². The van der Waals surface area contributed by atoms with E-state index in [1.54, 1.807) is 12.1 Å². The summed E-state index contributed by atoms with van der Waals surface area (Å²) in [6, 6.07) is 17.3. The molecule has 134 valence electrons. The molecule has 4 nitrogen and oxygen atoms in total. The Morgan fingerprint density at radius 3 is 2.12 bits per heavy atom. The van der Waals surface area contributed by atoms with Crippen molar-refractivity contribution < 1.29 is 9.53 Å². The number of hydrogen-bond acceptors (Lipinski definition) is 3. The number of nitriles is 1. The molecule has 1 aliphatic heterocycles. The second-order valence-corrected chi connectivity index (χ2v) is 7.25. The van der Waals surface area contributed by atoms with Crippen LogP contribution in [-0.2, 0) is 4.79 Å². The molecule has 2 atom stereocenters. The van der Waals surface area contributed by atoms with Crippen molar-refractivity contribution in [3.63, 3.8) is 0 Å². The second-order valence-electron chi connectivity index (χ2n) is 7.25. The van der Waals surface area contributed by atoms with E-state index in [4.69, 9.17) is 10.00 Å². The van der Waals surface area contributed by atoms with Crippen molar-refractivity contribution in [1.29, 1.82) is 5.26 Å². The third-order valence-electron chi connectivity index (χ3n) is 4.79. The van der Waals surface area contributed by atoms with Crippen LogP contribution >= 0.6 is 0 Å². The molecule has 2 aromatic rings. The maximum Gasteiger partial charge on any atom is 0.260 e. The van der Waals surface area contributed by atoms with Crippen molar-refractivity contribution in [2.45, 2.75) is 20.3 Å². The van der Waals surface area contributed by atoms with Crippen LogP contribution in [0, 0.1) is 23.2 Å². The second kappa shape index (κ2) is 8.05. The number of piperidine rings is 1. The van der Waals surface area contributed by atoms with Gasteiger partial charge in [-0.2, -0.15) is 5.26 Å². The molecule has 2 unspecified atom stereocenters.